The summed E-state index contributed by atoms with van der Waals surface area (Å²) in [5, 5.41) is 43.2. The van der Waals surface area contributed by atoms with Gasteiger partial charge in [-0.25, -0.2) is 23.3 Å². The molecule has 9 rings (SSSR count). The van der Waals surface area contributed by atoms with Gasteiger partial charge in [0.1, 0.15) is 28.8 Å². The maximum Gasteiger partial charge on any atom is 0.335 e. The molecule has 3 heterocycles. The summed E-state index contributed by atoms with van der Waals surface area (Å²) in [7, 11) is 1.72. The number of aromatic carboxylic acids is 2. The molecule has 19 heteroatoms. The lowest BCUT2D eigenvalue weighted by atomic mass is 9.98. The lowest BCUT2D eigenvalue weighted by Crippen LogP contribution is -2.31. The third kappa shape index (κ3) is 12.5. The molecule has 0 fully saturated rings. The van der Waals surface area contributed by atoms with Crippen molar-refractivity contribution < 1.29 is 43.3 Å². The predicted molar refractivity (Wildman–Crippen MR) is 303 cm³/mol. The number of aryl methyl sites for hydroxylation is 3. The van der Waals surface area contributed by atoms with Crippen LogP contribution in [0.15, 0.2) is 139 Å². The monoisotopic (exact) mass is 1080 g/mol. The van der Waals surface area contributed by atoms with Crippen molar-refractivity contribution in [3.8, 4) is 5.75 Å². The third-order valence-corrected chi connectivity index (χ3v) is 14.4. The molecular formula is C61H63FN10O8. The fraction of sp³-hybridized carbons (Fsp3) is 0.246. The van der Waals surface area contributed by atoms with Gasteiger partial charge in [0.2, 0.25) is 0 Å². The number of anilines is 1. The smallest absolute Gasteiger partial charge is 0.335 e. The standard InChI is InChI=1S/C32H34N6O4.C29H29FN4O4/c1-18(21(4)34-16-22-6-11-29-27(15-22)36-30(39)17-42-29)14-28(38-19(2)12-13-35-38)31(33-5)37-26-10-9-23-20(3)24(32(40)41)7-8-25(23)26;1-16-13-20(5-9-24(16)30)15-31-27(35)17(2)14-26(34-18(3)11-12-32-34)28(36)33-25-10-8-21-19(4)22(29(37)38)6-7-23(21)25/h6-8,11-15,26,34H,1,4,9-10,16-17H2,2-3,5H3,(H,33,37)(H,36,39)(H,40,41);5-7,9,11-14,25H,2,8,10,15H2,1,3-4H3,(H,31,35)(H,33,36)(H,37,38)/b28-14-;26-14-. The molecule has 0 saturated carbocycles. The number of carbonyl (C=O) groups is 5. The van der Waals surface area contributed by atoms with Crippen LogP contribution in [0.2, 0.25) is 0 Å². The minimum atomic E-state index is -0.983. The Bertz CT molecular complexity index is 3620. The Kier molecular flexibility index (Phi) is 17.2. The van der Waals surface area contributed by atoms with Crippen LogP contribution < -0.4 is 31.3 Å². The minimum Gasteiger partial charge on any atom is -0.482 e. The van der Waals surface area contributed by atoms with Crippen molar-refractivity contribution in [3.63, 3.8) is 0 Å². The molecule has 7 N–H and O–H groups in total. The van der Waals surface area contributed by atoms with Crippen LogP contribution in [0.4, 0.5) is 10.1 Å². The Morgan fingerprint density at radius 2 is 1.27 bits per heavy atom. The Morgan fingerprint density at radius 1 is 0.725 bits per heavy atom. The highest BCUT2D eigenvalue weighted by molar-refractivity contribution is 6.18. The SMILES string of the molecule is C=C(/C=C(/C(=NC)NC1CCc2c1ccc(C(=O)O)c2C)n1nccc1C)C(=C)NCc1ccc2c(c1)NC(=O)CO2.C=C(/C=C(/C(=O)NC1CCc2c1ccc(C(=O)O)c2C)n1nccc1C)C(=O)NCc1ccc(F)c(C)c1. The van der Waals surface area contributed by atoms with Crippen molar-refractivity contribution in [2.45, 2.75) is 85.5 Å². The molecule has 6 aromatic rings. The van der Waals surface area contributed by atoms with Gasteiger partial charge in [0.15, 0.2) is 6.61 Å². The first-order chi connectivity index (χ1) is 38.2. The lowest BCUT2D eigenvalue weighted by Gasteiger charge is -2.21. The fourth-order valence-corrected chi connectivity index (χ4v) is 10.0. The van der Waals surface area contributed by atoms with E-state index in [9.17, 15) is 38.6 Å². The number of aliphatic imine (C=N–C) groups is 1. The van der Waals surface area contributed by atoms with E-state index in [0.29, 0.717) is 76.0 Å². The van der Waals surface area contributed by atoms with Crippen LogP contribution in [0.25, 0.3) is 11.4 Å². The number of allylic oxidation sites excluding steroid dienone is 1. The molecule has 0 saturated heterocycles. The van der Waals surface area contributed by atoms with E-state index in [1.54, 1.807) is 81.3 Å². The summed E-state index contributed by atoms with van der Waals surface area (Å²) in [6.45, 7) is 22.0. The Morgan fingerprint density at radius 3 is 1.84 bits per heavy atom. The number of amidine groups is 1. The summed E-state index contributed by atoms with van der Waals surface area (Å²) in [4.78, 5) is 65.7. The second-order valence-electron chi connectivity index (χ2n) is 19.7. The van der Waals surface area contributed by atoms with Gasteiger partial charge in [-0.15, -0.1) is 0 Å². The van der Waals surface area contributed by atoms with E-state index in [-0.39, 0.29) is 53.8 Å². The zero-order valence-electron chi connectivity index (χ0n) is 45.4. The number of benzene rings is 4. The number of carboxylic acid groups (broad SMARTS) is 2. The van der Waals surface area contributed by atoms with Crippen LogP contribution >= 0.6 is 0 Å². The molecule has 4 aromatic carbocycles. The number of aromatic nitrogens is 4. The number of halogens is 1. The van der Waals surface area contributed by atoms with Crippen molar-refractivity contribution in [2.24, 2.45) is 4.99 Å². The van der Waals surface area contributed by atoms with Crippen molar-refractivity contribution in [2.75, 3.05) is 19.0 Å². The number of hydrogen-bond donors (Lipinski definition) is 7. The quantitative estimate of drug-likeness (QED) is 0.0196. The molecule has 2 atom stereocenters. The molecule has 412 valence electrons. The average Bonchev–Trinajstić information content (AvgIpc) is 4.26. The van der Waals surface area contributed by atoms with Gasteiger partial charge in [-0.2, -0.15) is 10.2 Å². The number of carboxylic acids is 2. The second kappa shape index (κ2) is 24.3. The van der Waals surface area contributed by atoms with Crippen LogP contribution in [0, 0.1) is 40.4 Å². The second-order valence-corrected chi connectivity index (χ2v) is 19.7. The molecular weight excluding hydrogens is 1020 g/mol. The summed E-state index contributed by atoms with van der Waals surface area (Å²) in [6, 6.07) is 20.4. The number of fused-ring (bicyclic) bond motifs is 3. The largest absolute Gasteiger partial charge is 0.482 e. The van der Waals surface area contributed by atoms with Gasteiger partial charge in [-0.3, -0.25) is 19.4 Å². The van der Waals surface area contributed by atoms with E-state index in [1.165, 1.54) is 16.8 Å². The van der Waals surface area contributed by atoms with Gasteiger partial charge < -0.3 is 41.5 Å². The van der Waals surface area contributed by atoms with Crippen molar-refractivity contribution >= 4 is 52.6 Å². The zero-order valence-corrected chi connectivity index (χ0v) is 45.4. The Hall–Kier alpha value is -9.65. The lowest BCUT2D eigenvalue weighted by molar-refractivity contribution is -0.119. The molecule has 3 amide bonds. The van der Waals surface area contributed by atoms with Gasteiger partial charge in [0.05, 0.1) is 28.9 Å². The Labute approximate surface area is 462 Å². The number of carbonyl (C=O) groups excluding carboxylic acids is 3. The van der Waals surface area contributed by atoms with Crippen LogP contribution in [-0.4, -0.2) is 78.9 Å². The van der Waals surface area contributed by atoms with Gasteiger partial charge in [-0.1, -0.05) is 50.1 Å². The molecule has 2 aliphatic carbocycles. The van der Waals surface area contributed by atoms with Gasteiger partial charge in [0.25, 0.3) is 17.7 Å². The van der Waals surface area contributed by atoms with Crippen molar-refractivity contribution in [3.05, 3.63) is 212 Å². The molecule has 2 unspecified atom stereocenters. The predicted octanol–water partition coefficient (Wildman–Crippen LogP) is 8.70. The number of rotatable bonds is 17. The summed E-state index contributed by atoms with van der Waals surface area (Å²) in [5.41, 5.74) is 12.6. The third-order valence-electron chi connectivity index (χ3n) is 14.4. The normalized spacial score (nSPS) is 15.4. The topological polar surface area (TPSA) is 243 Å². The van der Waals surface area contributed by atoms with Crippen LogP contribution in [0.5, 0.6) is 5.75 Å². The Balaban J connectivity index is 0.000000211. The highest BCUT2D eigenvalue weighted by atomic mass is 19.1. The molecule has 0 spiro atoms. The summed E-state index contributed by atoms with van der Waals surface area (Å²) >= 11 is 0. The number of nitrogens with one attached hydrogen (secondary N) is 5. The molecule has 0 bridgehead atoms. The number of hydrogen-bond acceptors (Lipinski definition) is 10. The highest BCUT2D eigenvalue weighted by Crippen LogP contribution is 2.37. The van der Waals surface area contributed by atoms with Gasteiger partial charge in [0, 0.05) is 55.2 Å². The first-order valence-electron chi connectivity index (χ1n) is 25.8. The van der Waals surface area contributed by atoms with E-state index in [2.05, 4.69) is 61.5 Å². The summed E-state index contributed by atoms with van der Waals surface area (Å²) < 4.78 is 22.2. The maximum absolute atomic E-state index is 13.5. The summed E-state index contributed by atoms with van der Waals surface area (Å²) in [5.74, 6) is -2.06. The van der Waals surface area contributed by atoms with Gasteiger partial charge in [-0.05, 0) is 171 Å². The first-order valence-corrected chi connectivity index (χ1v) is 25.8. The van der Waals surface area contributed by atoms with Crippen LogP contribution in [-0.2, 0) is 40.3 Å². The fourth-order valence-electron chi connectivity index (χ4n) is 10.0. The molecule has 80 heavy (non-hydrogen) atoms. The van der Waals surface area contributed by atoms with Crippen LogP contribution in [0.1, 0.15) is 107 Å². The minimum absolute atomic E-state index is 0.0160. The molecule has 2 aromatic heterocycles. The van der Waals surface area contributed by atoms with E-state index < -0.39 is 23.8 Å². The number of ether oxygens (including phenoxy) is 1. The maximum atomic E-state index is 13.5. The first kappa shape index (κ1) is 56.6. The molecule has 18 nitrogen and oxygen atoms in total. The van der Waals surface area contributed by atoms with Crippen molar-refractivity contribution in [1.29, 1.82) is 0 Å². The van der Waals surface area contributed by atoms with E-state index >= 15 is 0 Å². The van der Waals surface area contributed by atoms with Crippen molar-refractivity contribution in [1.82, 2.24) is 40.8 Å². The molecule has 3 aliphatic rings. The van der Waals surface area contributed by atoms with E-state index in [1.807, 2.05) is 50.3 Å². The number of amides is 3. The average molecular weight is 1080 g/mol. The zero-order chi connectivity index (χ0) is 57.5. The number of nitrogens with zero attached hydrogens (tertiary/aromatic N) is 5. The van der Waals surface area contributed by atoms with E-state index in [0.717, 1.165) is 57.5 Å². The molecule has 1 aliphatic heterocycles. The van der Waals surface area contributed by atoms with Gasteiger partial charge >= 0.3 is 11.9 Å². The molecule has 0 radical (unpaired) electrons. The van der Waals surface area contributed by atoms with E-state index in [4.69, 9.17) is 4.74 Å². The van der Waals surface area contributed by atoms with Crippen LogP contribution in [0.3, 0.4) is 0 Å². The highest BCUT2D eigenvalue weighted by Gasteiger charge is 2.31. The summed E-state index contributed by atoms with van der Waals surface area (Å²) in [6.07, 6.45) is 9.41.